The summed E-state index contributed by atoms with van der Waals surface area (Å²) in [4.78, 5) is 42.2. The molecule has 0 spiro atoms. The second-order valence-electron chi connectivity index (χ2n) is 9.29. The summed E-state index contributed by atoms with van der Waals surface area (Å²) in [7, 11) is 0. The maximum Gasteiger partial charge on any atom is 0.338 e. The average molecular weight is 505 g/mol. The van der Waals surface area contributed by atoms with E-state index < -0.39 is 11.9 Å². The third kappa shape index (κ3) is 18.8. The van der Waals surface area contributed by atoms with Crippen molar-refractivity contribution >= 4 is 23.9 Å². The van der Waals surface area contributed by atoms with E-state index in [0.717, 1.165) is 18.6 Å². The van der Waals surface area contributed by atoms with Crippen molar-refractivity contribution in [2.24, 2.45) is 11.8 Å². The van der Waals surface area contributed by atoms with Crippen LogP contribution in [0.5, 0.6) is 0 Å². The van der Waals surface area contributed by atoms with Crippen molar-refractivity contribution in [2.45, 2.75) is 118 Å². The molecule has 2 unspecified atom stereocenters. The first-order chi connectivity index (χ1) is 17.3. The number of carbonyl (C=O) groups excluding carboxylic acids is 4. The Morgan fingerprint density at radius 3 is 1.69 bits per heavy atom. The zero-order valence-corrected chi connectivity index (χ0v) is 23.0. The van der Waals surface area contributed by atoms with Gasteiger partial charge >= 0.3 is 23.9 Å². The average Bonchev–Trinajstić information content (AvgIpc) is 3.40. The molecule has 0 saturated carbocycles. The molecule has 0 amide bonds. The van der Waals surface area contributed by atoms with Crippen LogP contribution in [-0.2, 0) is 28.7 Å². The smallest absolute Gasteiger partial charge is 0.338 e. The summed E-state index contributed by atoms with van der Waals surface area (Å²) in [5.74, 6) is -2.08. The molecule has 2 atom stereocenters. The van der Waals surface area contributed by atoms with E-state index >= 15 is 0 Å². The number of allylic oxidation sites excluding steroid dienone is 4. The summed E-state index contributed by atoms with van der Waals surface area (Å²) in [6.07, 6.45) is 28.2. The lowest BCUT2D eigenvalue weighted by Crippen LogP contribution is -2.14. The maximum absolute atomic E-state index is 11.4. The minimum atomic E-state index is -0.579. The summed E-state index contributed by atoms with van der Waals surface area (Å²) >= 11 is 0. The first kappa shape index (κ1) is 33.5. The molecular weight excluding hydrogens is 456 g/mol. The fraction of sp³-hybridized carbons (Fsp3) is 0.667. The number of unbranched alkanes of at least 4 members (excludes halogenated alkanes) is 11. The van der Waals surface area contributed by atoms with Gasteiger partial charge < -0.3 is 9.47 Å². The molecule has 0 bridgehead atoms. The lowest BCUT2D eigenvalue weighted by Gasteiger charge is -2.09. The summed E-state index contributed by atoms with van der Waals surface area (Å²) in [6.45, 7) is 8.54. The molecule has 0 radical (unpaired) electrons. The standard InChI is InChI=1S/C15H24O3.C11H22.C4H2O3/c1-3-4-5-6-7-8-9-10-12(2)13-11-14(16)18-15(13)17;1-3-5-7-9-11-10-8-6-4-2;5-3-1-2-4(6)7-3/h9-10,12-13H,3-8,11H2,1-2H3;3,5H,4,6-11H2,1-2H3;1-2H/b10-9+;5-3-;. The van der Waals surface area contributed by atoms with E-state index in [1.165, 1.54) is 77.0 Å². The zero-order valence-electron chi connectivity index (χ0n) is 23.0. The van der Waals surface area contributed by atoms with Crippen molar-refractivity contribution in [1.29, 1.82) is 0 Å². The van der Waals surface area contributed by atoms with Gasteiger partial charge in [-0.3, -0.25) is 9.59 Å². The lowest BCUT2D eigenvalue weighted by molar-refractivity contribution is -0.154. The fourth-order valence-corrected chi connectivity index (χ4v) is 3.72. The van der Waals surface area contributed by atoms with Crippen LogP contribution in [0.2, 0.25) is 0 Å². The summed E-state index contributed by atoms with van der Waals surface area (Å²) < 4.78 is 8.53. The van der Waals surface area contributed by atoms with Crippen LogP contribution in [0.25, 0.3) is 0 Å². The monoisotopic (exact) mass is 504 g/mol. The molecule has 2 heterocycles. The van der Waals surface area contributed by atoms with Crippen molar-refractivity contribution in [2.75, 3.05) is 0 Å². The minimum Gasteiger partial charge on any atom is -0.393 e. The second-order valence-corrected chi connectivity index (χ2v) is 9.29. The summed E-state index contributed by atoms with van der Waals surface area (Å²) in [5.41, 5.74) is 0. The molecule has 6 nitrogen and oxygen atoms in total. The number of hydrogen-bond acceptors (Lipinski definition) is 6. The van der Waals surface area contributed by atoms with Crippen molar-refractivity contribution in [3.63, 3.8) is 0 Å². The highest BCUT2D eigenvalue weighted by molar-refractivity contribution is 6.04. The van der Waals surface area contributed by atoms with Crippen LogP contribution in [0.3, 0.4) is 0 Å². The minimum absolute atomic E-state index is 0.0968. The van der Waals surface area contributed by atoms with Gasteiger partial charge in [0.05, 0.1) is 12.3 Å². The van der Waals surface area contributed by atoms with Crippen LogP contribution in [0, 0.1) is 11.8 Å². The van der Waals surface area contributed by atoms with Crippen LogP contribution in [0.1, 0.15) is 118 Å². The van der Waals surface area contributed by atoms with Gasteiger partial charge in [-0.2, -0.15) is 0 Å². The Bertz CT molecular complexity index is 703. The van der Waals surface area contributed by atoms with Gasteiger partial charge in [-0.1, -0.05) is 103 Å². The fourth-order valence-electron chi connectivity index (χ4n) is 3.72. The molecule has 6 heteroatoms. The van der Waals surface area contributed by atoms with Crippen molar-refractivity contribution in [1.82, 2.24) is 0 Å². The molecule has 1 saturated heterocycles. The second kappa shape index (κ2) is 22.9. The van der Waals surface area contributed by atoms with E-state index in [1.807, 2.05) is 13.0 Å². The summed E-state index contributed by atoms with van der Waals surface area (Å²) in [6, 6.07) is 0. The van der Waals surface area contributed by atoms with E-state index in [-0.39, 0.29) is 30.2 Å². The Morgan fingerprint density at radius 1 is 0.778 bits per heavy atom. The Hall–Kier alpha value is -2.50. The first-order valence-electron chi connectivity index (χ1n) is 13.8. The van der Waals surface area contributed by atoms with Crippen molar-refractivity contribution in [3.8, 4) is 0 Å². The van der Waals surface area contributed by atoms with E-state index in [4.69, 9.17) is 0 Å². The predicted molar refractivity (Wildman–Crippen MR) is 144 cm³/mol. The molecule has 0 aromatic carbocycles. The molecule has 2 aliphatic heterocycles. The number of esters is 4. The molecular formula is C30H48O6. The number of rotatable bonds is 15. The Kier molecular flexibility index (Phi) is 21.3. The molecule has 0 N–H and O–H groups in total. The first-order valence-corrected chi connectivity index (χ1v) is 13.8. The highest BCUT2D eigenvalue weighted by Gasteiger charge is 2.36. The quantitative estimate of drug-likeness (QED) is 0.0989. The maximum atomic E-state index is 11.4. The van der Waals surface area contributed by atoms with Crippen LogP contribution >= 0.6 is 0 Å². The molecule has 0 aromatic heterocycles. The zero-order chi connectivity index (χ0) is 27.0. The van der Waals surface area contributed by atoms with Gasteiger partial charge in [-0.05, 0) is 38.5 Å². The molecule has 36 heavy (non-hydrogen) atoms. The molecule has 1 fully saturated rings. The third-order valence-electron chi connectivity index (χ3n) is 5.97. The number of cyclic esters (lactones) is 4. The Balaban J connectivity index is 0.000000574. The van der Waals surface area contributed by atoms with Gasteiger partial charge in [0.2, 0.25) is 0 Å². The van der Waals surface area contributed by atoms with Crippen molar-refractivity contribution in [3.05, 3.63) is 36.5 Å². The van der Waals surface area contributed by atoms with E-state index in [1.54, 1.807) is 0 Å². The Labute approximate surface area is 218 Å². The lowest BCUT2D eigenvalue weighted by atomic mass is 9.92. The number of hydrogen-bond donors (Lipinski definition) is 0. The third-order valence-corrected chi connectivity index (χ3v) is 5.97. The SMILES string of the molecule is C/C=C\CCCCCCCC.CCCCCCC/C=C/C(C)C1CC(=O)OC1=O.O=C1C=CC(=O)O1. The van der Waals surface area contributed by atoms with Crippen LogP contribution < -0.4 is 0 Å². The Morgan fingerprint density at radius 2 is 1.28 bits per heavy atom. The number of ether oxygens (including phenoxy) is 2. The summed E-state index contributed by atoms with van der Waals surface area (Å²) in [5, 5.41) is 0. The van der Waals surface area contributed by atoms with E-state index in [0.29, 0.717) is 0 Å². The van der Waals surface area contributed by atoms with Crippen LogP contribution in [-0.4, -0.2) is 23.9 Å². The van der Waals surface area contributed by atoms with Crippen molar-refractivity contribution < 1.29 is 28.7 Å². The molecule has 2 aliphatic rings. The molecule has 2 rings (SSSR count). The van der Waals surface area contributed by atoms with Gasteiger partial charge in [0.15, 0.2) is 0 Å². The molecule has 0 aliphatic carbocycles. The largest absolute Gasteiger partial charge is 0.393 e. The molecule has 204 valence electrons. The van der Waals surface area contributed by atoms with Crippen LogP contribution in [0.15, 0.2) is 36.5 Å². The van der Waals surface area contributed by atoms with Gasteiger partial charge in [0.1, 0.15) is 0 Å². The molecule has 0 aromatic rings. The number of carbonyl (C=O) groups is 4. The van der Waals surface area contributed by atoms with E-state index in [9.17, 15) is 19.2 Å². The topological polar surface area (TPSA) is 86.7 Å². The predicted octanol–water partition coefficient (Wildman–Crippen LogP) is 7.57. The van der Waals surface area contributed by atoms with Crippen LogP contribution in [0.4, 0.5) is 0 Å². The van der Waals surface area contributed by atoms with Gasteiger partial charge in [0, 0.05) is 12.2 Å². The normalized spacial score (nSPS) is 17.6. The highest BCUT2D eigenvalue weighted by Crippen LogP contribution is 2.25. The van der Waals surface area contributed by atoms with Gasteiger partial charge in [-0.15, -0.1) is 0 Å². The van der Waals surface area contributed by atoms with Gasteiger partial charge in [0.25, 0.3) is 0 Å². The van der Waals surface area contributed by atoms with Gasteiger partial charge in [-0.25, -0.2) is 9.59 Å². The highest BCUT2D eigenvalue weighted by atomic mass is 16.6. The van der Waals surface area contributed by atoms with E-state index in [2.05, 4.69) is 48.5 Å².